The van der Waals surface area contributed by atoms with Crippen molar-refractivity contribution in [3.8, 4) is 5.75 Å². The van der Waals surface area contributed by atoms with Crippen molar-refractivity contribution in [3.05, 3.63) is 68.6 Å². The molecule has 4 nitrogen and oxygen atoms in total. The molecule has 150 valence electrons. The van der Waals surface area contributed by atoms with E-state index >= 15 is 0 Å². The highest BCUT2D eigenvalue weighted by molar-refractivity contribution is 5.86. The average Bonchev–Trinajstić information content (AvgIpc) is 2.64. The normalized spacial score (nSPS) is 10.7. The molecule has 0 saturated carbocycles. The molecule has 0 fully saturated rings. The van der Waals surface area contributed by atoms with E-state index in [0.29, 0.717) is 17.7 Å². The van der Waals surface area contributed by atoms with Crippen LogP contribution in [0.15, 0.2) is 39.5 Å². The number of fused-ring (bicyclic) bond motifs is 1. The van der Waals surface area contributed by atoms with Crippen LogP contribution in [0.5, 0.6) is 5.75 Å². The lowest BCUT2D eigenvalue weighted by molar-refractivity contribution is 0.462. The molecule has 1 aromatic heterocycles. The third-order valence-electron chi connectivity index (χ3n) is 5.07. The zero-order valence-electron chi connectivity index (χ0n) is 16.9. The van der Waals surface area contributed by atoms with Crippen LogP contribution in [0.3, 0.4) is 0 Å². The number of phenols is 1. The first-order valence-corrected chi connectivity index (χ1v) is 9.50. The molecule has 3 rings (SSSR count). The first-order chi connectivity index (χ1) is 12.9. The summed E-state index contributed by atoms with van der Waals surface area (Å²) < 4.78 is 5.41. The third kappa shape index (κ3) is 4.50. The molecule has 2 aromatic carbocycles. The maximum absolute atomic E-state index is 11.9. The molecule has 0 unspecified atom stereocenters. The predicted octanol–water partition coefficient (Wildman–Crippen LogP) is 5.80. The lowest BCUT2D eigenvalue weighted by Crippen LogP contribution is -2.05. The van der Waals surface area contributed by atoms with E-state index in [-0.39, 0.29) is 23.8 Å². The molecule has 0 aliphatic heterocycles. The van der Waals surface area contributed by atoms with E-state index in [1.54, 1.807) is 13.0 Å². The Morgan fingerprint density at radius 2 is 1.82 bits per heavy atom. The van der Waals surface area contributed by atoms with Gasteiger partial charge in [-0.1, -0.05) is 25.5 Å². The zero-order valence-corrected chi connectivity index (χ0v) is 17.7. The van der Waals surface area contributed by atoms with Gasteiger partial charge >= 0.3 is 5.63 Å². The van der Waals surface area contributed by atoms with Gasteiger partial charge in [-0.05, 0) is 62.4 Å². The molecule has 3 aromatic rings. The van der Waals surface area contributed by atoms with Crippen molar-refractivity contribution in [1.29, 1.82) is 0 Å². The number of rotatable bonds is 6. The topological polar surface area (TPSA) is 62.5 Å². The largest absolute Gasteiger partial charge is 0.507 e. The molecule has 0 bridgehead atoms. The van der Waals surface area contributed by atoms with Crippen molar-refractivity contribution < 1.29 is 9.52 Å². The molecule has 0 spiro atoms. The molecule has 0 atom stereocenters. The van der Waals surface area contributed by atoms with Gasteiger partial charge in [0.05, 0.1) is 0 Å². The fraction of sp³-hybridized carbons (Fsp3) is 0.348. The molecule has 0 amide bonds. The van der Waals surface area contributed by atoms with E-state index in [2.05, 4.69) is 44.3 Å². The zero-order chi connectivity index (χ0) is 19.6. The van der Waals surface area contributed by atoms with E-state index in [9.17, 15) is 9.90 Å². The Kier molecular flexibility index (Phi) is 7.14. The predicted molar refractivity (Wildman–Crippen MR) is 118 cm³/mol. The molecule has 1 heterocycles. The van der Waals surface area contributed by atoms with E-state index < -0.39 is 0 Å². The molecule has 0 aliphatic carbocycles. The van der Waals surface area contributed by atoms with Gasteiger partial charge in [0, 0.05) is 34.8 Å². The number of halogens is 1. The maximum Gasteiger partial charge on any atom is 0.336 e. The molecular formula is C23H28ClNO3. The van der Waals surface area contributed by atoms with Crippen LogP contribution >= 0.6 is 12.4 Å². The van der Waals surface area contributed by atoms with Gasteiger partial charge in [-0.2, -0.15) is 0 Å². The summed E-state index contributed by atoms with van der Waals surface area (Å²) in [6, 6.07) is 9.80. The summed E-state index contributed by atoms with van der Waals surface area (Å²) >= 11 is 0. The highest BCUT2D eigenvalue weighted by atomic mass is 35.5. The summed E-state index contributed by atoms with van der Waals surface area (Å²) in [5, 5.41) is 15.0. The van der Waals surface area contributed by atoms with Crippen LogP contribution < -0.4 is 10.9 Å². The number of hydrogen-bond acceptors (Lipinski definition) is 4. The smallest absolute Gasteiger partial charge is 0.336 e. The minimum atomic E-state index is -0.364. The van der Waals surface area contributed by atoms with Crippen molar-refractivity contribution in [2.75, 3.05) is 5.32 Å². The first-order valence-electron chi connectivity index (χ1n) is 9.50. The summed E-state index contributed by atoms with van der Waals surface area (Å²) in [6.45, 7) is 8.55. The molecule has 5 heteroatoms. The summed E-state index contributed by atoms with van der Waals surface area (Å²) in [5.74, 6) is 0.177. The Morgan fingerprint density at radius 3 is 2.54 bits per heavy atom. The van der Waals surface area contributed by atoms with Crippen molar-refractivity contribution in [2.24, 2.45) is 0 Å². The third-order valence-corrected chi connectivity index (χ3v) is 5.07. The SMILES string of the molecule is CCCCc1cc(=O)oc2c(C)c(O)c(CNc3cc(C)ccc3C)cc12.Cl. The van der Waals surface area contributed by atoms with E-state index in [4.69, 9.17) is 4.42 Å². The second kappa shape index (κ2) is 9.16. The fourth-order valence-electron chi connectivity index (χ4n) is 3.40. The van der Waals surface area contributed by atoms with Crippen LogP contribution in [0.1, 0.15) is 47.6 Å². The molecule has 0 radical (unpaired) electrons. The number of benzene rings is 2. The van der Waals surface area contributed by atoms with Gasteiger partial charge in [-0.15, -0.1) is 12.4 Å². The molecule has 0 aliphatic rings. The van der Waals surface area contributed by atoms with Gasteiger partial charge in [0.15, 0.2) is 0 Å². The van der Waals surface area contributed by atoms with Crippen molar-refractivity contribution in [1.82, 2.24) is 0 Å². The van der Waals surface area contributed by atoms with Crippen molar-refractivity contribution in [3.63, 3.8) is 0 Å². The number of phenolic OH excluding ortho intramolecular Hbond substituents is 1. The number of unbranched alkanes of at least 4 members (excludes halogenated alkanes) is 1. The first kappa shape index (κ1) is 21.8. The summed E-state index contributed by atoms with van der Waals surface area (Å²) in [5.41, 5.74) is 5.92. The number of nitrogens with one attached hydrogen (secondary N) is 1. The second-order valence-electron chi connectivity index (χ2n) is 7.25. The summed E-state index contributed by atoms with van der Waals surface area (Å²) in [7, 11) is 0. The lowest BCUT2D eigenvalue weighted by atomic mass is 9.98. The lowest BCUT2D eigenvalue weighted by Gasteiger charge is -2.15. The molecule has 28 heavy (non-hydrogen) atoms. The van der Waals surface area contributed by atoms with Gasteiger partial charge in [0.25, 0.3) is 0 Å². The van der Waals surface area contributed by atoms with Crippen LogP contribution in [0.2, 0.25) is 0 Å². The summed E-state index contributed by atoms with van der Waals surface area (Å²) in [4.78, 5) is 11.9. The number of aromatic hydroxyl groups is 1. The van der Waals surface area contributed by atoms with Crippen LogP contribution in [-0.4, -0.2) is 5.11 Å². The Bertz CT molecular complexity index is 1040. The average molecular weight is 402 g/mol. The Balaban J connectivity index is 0.00000280. The van der Waals surface area contributed by atoms with E-state index in [1.165, 1.54) is 5.56 Å². The number of hydrogen-bond donors (Lipinski definition) is 2. The monoisotopic (exact) mass is 401 g/mol. The Labute approximate surface area is 172 Å². The molecule has 2 N–H and O–H groups in total. The highest BCUT2D eigenvalue weighted by Crippen LogP contribution is 2.33. The van der Waals surface area contributed by atoms with Gasteiger partial charge in [-0.25, -0.2) is 4.79 Å². The van der Waals surface area contributed by atoms with Crippen LogP contribution in [0, 0.1) is 20.8 Å². The maximum atomic E-state index is 11.9. The van der Waals surface area contributed by atoms with Crippen molar-refractivity contribution in [2.45, 2.75) is 53.5 Å². The van der Waals surface area contributed by atoms with Gasteiger partial charge in [0.1, 0.15) is 11.3 Å². The van der Waals surface area contributed by atoms with Gasteiger partial charge < -0.3 is 14.8 Å². The molecule has 0 saturated heterocycles. The number of aryl methyl sites for hydroxylation is 4. The minimum absolute atomic E-state index is 0. The minimum Gasteiger partial charge on any atom is -0.507 e. The van der Waals surface area contributed by atoms with Gasteiger partial charge in [0.2, 0.25) is 0 Å². The highest BCUT2D eigenvalue weighted by Gasteiger charge is 2.15. The molecular weight excluding hydrogens is 374 g/mol. The summed E-state index contributed by atoms with van der Waals surface area (Å²) in [6.07, 6.45) is 2.89. The van der Waals surface area contributed by atoms with Crippen LogP contribution in [0.25, 0.3) is 11.0 Å². The van der Waals surface area contributed by atoms with Gasteiger partial charge in [-0.3, -0.25) is 0 Å². The van der Waals surface area contributed by atoms with Crippen molar-refractivity contribution >= 4 is 29.1 Å². The van der Waals surface area contributed by atoms with E-state index in [1.807, 2.05) is 6.07 Å². The Morgan fingerprint density at radius 1 is 1.07 bits per heavy atom. The Hall–Kier alpha value is -2.46. The second-order valence-corrected chi connectivity index (χ2v) is 7.25. The van der Waals surface area contributed by atoms with Crippen LogP contribution in [0.4, 0.5) is 5.69 Å². The number of anilines is 1. The standard InChI is InChI=1S/C23H27NO3.ClH/c1-5-6-7-17-12-21(25)27-23-16(4)22(26)18(11-19(17)23)13-24-20-10-14(2)8-9-15(20)3;/h8-12,24,26H,5-7,13H2,1-4H3;1H. The van der Waals surface area contributed by atoms with E-state index in [0.717, 1.165) is 47.0 Å². The quantitative estimate of drug-likeness (QED) is 0.512. The fourth-order valence-corrected chi connectivity index (χ4v) is 3.40. The van der Waals surface area contributed by atoms with Crippen LogP contribution in [-0.2, 0) is 13.0 Å².